The fourth-order valence-corrected chi connectivity index (χ4v) is 2.97. The number of fused-ring (bicyclic) bond motifs is 1. The number of rotatable bonds is 6. The van der Waals surface area contributed by atoms with E-state index in [0.29, 0.717) is 0 Å². The standard InChI is InChI=1S/C16H17N3S/c1-2-6-13(7-3-1)8-4-5-10-17-15-14-9-11-20-16(14)19-12-18-15/h1-3,6-7,9,11-12H,4-5,8,10H2,(H,17,18,19). The molecule has 1 N–H and O–H groups in total. The minimum absolute atomic E-state index is 0.953. The molecule has 102 valence electrons. The Kier molecular flexibility index (Phi) is 4.23. The molecular weight excluding hydrogens is 266 g/mol. The van der Waals surface area contributed by atoms with Crippen LogP contribution in [0.2, 0.25) is 0 Å². The molecule has 3 nitrogen and oxygen atoms in total. The summed E-state index contributed by atoms with van der Waals surface area (Å²) in [5, 5.41) is 6.60. The fourth-order valence-electron chi connectivity index (χ4n) is 2.24. The second-order valence-corrected chi connectivity index (χ2v) is 5.63. The second kappa shape index (κ2) is 6.48. The Morgan fingerprint density at radius 1 is 1.00 bits per heavy atom. The van der Waals surface area contributed by atoms with Crippen molar-refractivity contribution in [1.82, 2.24) is 9.97 Å². The van der Waals surface area contributed by atoms with Crippen molar-refractivity contribution in [2.75, 3.05) is 11.9 Å². The van der Waals surface area contributed by atoms with Crippen LogP contribution >= 0.6 is 11.3 Å². The minimum atomic E-state index is 0.953. The van der Waals surface area contributed by atoms with Gasteiger partial charge in [0.2, 0.25) is 0 Å². The van der Waals surface area contributed by atoms with E-state index in [-0.39, 0.29) is 0 Å². The number of benzene rings is 1. The van der Waals surface area contributed by atoms with Gasteiger partial charge < -0.3 is 5.32 Å². The largest absolute Gasteiger partial charge is 0.369 e. The molecule has 0 bridgehead atoms. The smallest absolute Gasteiger partial charge is 0.138 e. The van der Waals surface area contributed by atoms with Gasteiger partial charge in [0.25, 0.3) is 0 Å². The number of hydrogen-bond donors (Lipinski definition) is 1. The van der Waals surface area contributed by atoms with Gasteiger partial charge in [-0.3, -0.25) is 0 Å². The Morgan fingerprint density at radius 3 is 2.80 bits per heavy atom. The van der Waals surface area contributed by atoms with Gasteiger partial charge in [0.15, 0.2) is 0 Å². The normalized spacial score (nSPS) is 10.8. The van der Waals surface area contributed by atoms with Gasteiger partial charge in [-0.25, -0.2) is 9.97 Å². The van der Waals surface area contributed by atoms with E-state index >= 15 is 0 Å². The van der Waals surface area contributed by atoms with E-state index in [4.69, 9.17) is 0 Å². The van der Waals surface area contributed by atoms with E-state index in [9.17, 15) is 0 Å². The first kappa shape index (κ1) is 13.1. The molecule has 0 aliphatic carbocycles. The van der Waals surface area contributed by atoms with Gasteiger partial charge in [-0.15, -0.1) is 11.3 Å². The van der Waals surface area contributed by atoms with Gasteiger partial charge in [0, 0.05) is 6.54 Å². The highest BCUT2D eigenvalue weighted by molar-refractivity contribution is 7.16. The Balaban J connectivity index is 1.47. The monoisotopic (exact) mass is 283 g/mol. The topological polar surface area (TPSA) is 37.8 Å². The lowest BCUT2D eigenvalue weighted by atomic mass is 10.1. The van der Waals surface area contributed by atoms with Gasteiger partial charge in [-0.05, 0) is 36.3 Å². The van der Waals surface area contributed by atoms with E-state index in [2.05, 4.69) is 57.1 Å². The number of hydrogen-bond acceptors (Lipinski definition) is 4. The van der Waals surface area contributed by atoms with Crippen molar-refractivity contribution in [2.45, 2.75) is 19.3 Å². The summed E-state index contributed by atoms with van der Waals surface area (Å²) in [7, 11) is 0. The Labute approximate surface area is 122 Å². The molecule has 3 rings (SSSR count). The fraction of sp³-hybridized carbons (Fsp3) is 0.250. The van der Waals surface area contributed by atoms with Crippen molar-refractivity contribution in [3.63, 3.8) is 0 Å². The van der Waals surface area contributed by atoms with Crippen LogP contribution in [0.1, 0.15) is 18.4 Å². The highest BCUT2D eigenvalue weighted by Crippen LogP contribution is 2.23. The third kappa shape index (κ3) is 3.14. The van der Waals surface area contributed by atoms with E-state index < -0.39 is 0 Å². The lowest BCUT2D eigenvalue weighted by Gasteiger charge is -2.06. The van der Waals surface area contributed by atoms with Crippen LogP contribution in [0.3, 0.4) is 0 Å². The van der Waals surface area contributed by atoms with Gasteiger partial charge in [0.1, 0.15) is 17.0 Å². The maximum Gasteiger partial charge on any atom is 0.138 e. The molecule has 20 heavy (non-hydrogen) atoms. The third-order valence-corrected chi connectivity index (χ3v) is 4.11. The molecule has 0 fully saturated rings. The SMILES string of the molecule is c1ccc(CCCCNc2ncnc3sccc23)cc1. The lowest BCUT2D eigenvalue weighted by molar-refractivity contribution is 0.762. The molecule has 0 saturated carbocycles. The molecule has 0 atom stereocenters. The first-order valence-corrected chi connectivity index (χ1v) is 7.77. The second-order valence-electron chi connectivity index (χ2n) is 4.73. The van der Waals surface area contributed by atoms with Crippen LogP contribution in [0.5, 0.6) is 0 Å². The first-order valence-electron chi connectivity index (χ1n) is 6.89. The summed E-state index contributed by atoms with van der Waals surface area (Å²) in [5.74, 6) is 0.955. The first-order chi connectivity index (χ1) is 9.93. The molecule has 2 aromatic heterocycles. The lowest BCUT2D eigenvalue weighted by Crippen LogP contribution is -2.04. The number of anilines is 1. The average molecular weight is 283 g/mol. The number of aromatic nitrogens is 2. The molecule has 0 unspecified atom stereocenters. The van der Waals surface area contributed by atoms with Crippen LogP contribution in [0, 0.1) is 0 Å². The maximum atomic E-state index is 4.32. The number of thiophene rings is 1. The Hall–Kier alpha value is -1.94. The van der Waals surface area contributed by atoms with Crippen molar-refractivity contribution in [2.24, 2.45) is 0 Å². The molecule has 0 amide bonds. The zero-order chi connectivity index (χ0) is 13.6. The summed E-state index contributed by atoms with van der Waals surface area (Å²) in [5.41, 5.74) is 1.41. The summed E-state index contributed by atoms with van der Waals surface area (Å²) >= 11 is 1.65. The van der Waals surface area contributed by atoms with Gasteiger partial charge in [0.05, 0.1) is 5.39 Å². The molecule has 0 saturated heterocycles. The highest BCUT2D eigenvalue weighted by Gasteiger charge is 2.03. The van der Waals surface area contributed by atoms with E-state index in [1.165, 1.54) is 12.0 Å². The van der Waals surface area contributed by atoms with Crippen molar-refractivity contribution < 1.29 is 0 Å². The number of nitrogens with one attached hydrogen (secondary N) is 1. The molecule has 0 aliphatic rings. The van der Waals surface area contributed by atoms with E-state index in [1.807, 2.05) is 0 Å². The maximum absolute atomic E-state index is 4.32. The van der Waals surface area contributed by atoms with Gasteiger partial charge >= 0.3 is 0 Å². The minimum Gasteiger partial charge on any atom is -0.369 e. The molecule has 2 heterocycles. The number of aryl methyl sites for hydroxylation is 1. The molecular formula is C16H17N3S. The van der Waals surface area contributed by atoms with Crippen molar-refractivity contribution in [3.8, 4) is 0 Å². The molecule has 0 spiro atoms. The summed E-state index contributed by atoms with van der Waals surface area (Å²) in [6, 6.07) is 12.7. The molecule has 0 radical (unpaired) electrons. The zero-order valence-electron chi connectivity index (χ0n) is 11.2. The van der Waals surface area contributed by atoms with E-state index in [0.717, 1.165) is 35.4 Å². The summed E-state index contributed by atoms with van der Waals surface area (Å²) < 4.78 is 0. The van der Waals surface area contributed by atoms with Crippen LogP contribution < -0.4 is 5.32 Å². The summed E-state index contributed by atoms with van der Waals surface area (Å²) in [6.07, 6.45) is 5.10. The Bertz CT molecular complexity index is 664. The Morgan fingerprint density at radius 2 is 1.90 bits per heavy atom. The van der Waals surface area contributed by atoms with Gasteiger partial charge in [-0.2, -0.15) is 0 Å². The van der Waals surface area contributed by atoms with Crippen molar-refractivity contribution >= 4 is 27.4 Å². The quantitative estimate of drug-likeness (QED) is 0.691. The van der Waals surface area contributed by atoms with Crippen LogP contribution in [-0.4, -0.2) is 16.5 Å². The zero-order valence-corrected chi connectivity index (χ0v) is 12.1. The molecule has 3 aromatic rings. The van der Waals surface area contributed by atoms with Crippen molar-refractivity contribution in [3.05, 3.63) is 53.7 Å². The predicted molar refractivity (Wildman–Crippen MR) is 85.3 cm³/mol. The van der Waals surface area contributed by atoms with Crippen LogP contribution in [0.15, 0.2) is 48.1 Å². The summed E-state index contributed by atoms with van der Waals surface area (Å²) in [6.45, 7) is 0.953. The number of nitrogens with zero attached hydrogens (tertiary/aromatic N) is 2. The highest BCUT2D eigenvalue weighted by atomic mass is 32.1. The summed E-state index contributed by atoms with van der Waals surface area (Å²) in [4.78, 5) is 9.62. The molecule has 1 aromatic carbocycles. The van der Waals surface area contributed by atoms with Gasteiger partial charge in [-0.1, -0.05) is 30.3 Å². The number of unbranched alkanes of at least 4 members (excludes halogenated alkanes) is 1. The van der Waals surface area contributed by atoms with Crippen molar-refractivity contribution in [1.29, 1.82) is 0 Å². The molecule has 0 aliphatic heterocycles. The van der Waals surface area contributed by atoms with Crippen LogP contribution in [0.4, 0.5) is 5.82 Å². The van der Waals surface area contributed by atoms with Crippen LogP contribution in [-0.2, 0) is 6.42 Å². The molecule has 4 heteroatoms. The van der Waals surface area contributed by atoms with Crippen LogP contribution in [0.25, 0.3) is 10.2 Å². The predicted octanol–water partition coefficient (Wildman–Crippen LogP) is 4.13. The average Bonchev–Trinajstić information content (AvgIpc) is 2.97. The van der Waals surface area contributed by atoms with E-state index in [1.54, 1.807) is 17.7 Å². The third-order valence-electron chi connectivity index (χ3n) is 3.29.